The Hall–Kier alpha value is -1.30. The molecule has 1 amide bonds. The molecule has 2 heterocycles. The Labute approximate surface area is 149 Å². The van der Waals surface area contributed by atoms with E-state index in [-0.39, 0.29) is 30.5 Å². The second kappa shape index (κ2) is 8.70. The van der Waals surface area contributed by atoms with Gasteiger partial charge in [-0.05, 0) is 50.1 Å². The van der Waals surface area contributed by atoms with Gasteiger partial charge in [-0.1, -0.05) is 0 Å². The number of carbonyl (C=O) groups is 1. The van der Waals surface area contributed by atoms with Crippen LogP contribution >= 0.6 is 12.4 Å². The lowest BCUT2D eigenvalue weighted by Gasteiger charge is -2.24. The van der Waals surface area contributed by atoms with Gasteiger partial charge in [0.15, 0.2) is 0 Å². The van der Waals surface area contributed by atoms with Gasteiger partial charge in [-0.15, -0.1) is 12.4 Å². The summed E-state index contributed by atoms with van der Waals surface area (Å²) in [4.78, 5) is 14.6. The zero-order valence-corrected chi connectivity index (χ0v) is 15.0. The molecule has 0 spiro atoms. The molecule has 2 unspecified atom stereocenters. The fourth-order valence-corrected chi connectivity index (χ4v) is 3.42. The summed E-state index contributed by atoms with van der Waals surface area (Å²) in [6.45, 7) is 5.02. The Morgan fingerprint density at radius 2 is 1.96 bits per heavy atom. The molecule has 0 aliphatic carbocycles. The largest absolute Gasteiger partial charge is 0.490 e. The second-order valence-corrected chi connectivity index (χ2v) is 6.60. The molecule has 0 aromatic heterocycles. The number of nitrogens with zero attached hydrogens (tertiary/aromatic N) is 1. The predicted octanol–water partition coefficient (Wildman–Crippen LogP) is 2.48. The van der Waals surface area contributed by atoms with Gasteiger partial charge in [-0.3, -0.25) is 4.79 Å². The number of ether oxygens (including phenoxy) is 2. The summed E-state index contributed by atoms with van der Waals surface area (Å²) in [5.41, 5.74) is 6.46. The number of halogens is 1. The van der Waals surface area contributed by atoms with Crippen molar-refractivity contribution in [3.05, 3.63) is 29.8 Å². The maximum Gasteiger partial charge on any atom is 0.254 e. The molecule has 24 heavy (non-hydrogen) atoms. The molecule has 2 aliphatic heterocycles. The van der Waals surface area contributed by atoms with Gasteiger partial charge in [-0.2, -0.15) is 0 Å². The molecule has 2 saturated heterocycles. The highest BCUT2D eigenvalue weighted by molar-refractivity contribution is 5.94. The number of hydrogen-bond acceptors (Lipinski definition) is 4. The van der Waals surface area contributed by atoms with Gasteiger partial charge in [0.1, 0.15) is 11.9 Å². The predicted molar refractivity (Wildman–Crippen MR) is 95.8 cm³/mol. The third-order valence-corrected chi connectivity index (χ3v) is 4.83. The third kappa shape index (κ3) is 4.41. The maximum atomic E-state index is 12.6. The van der Waals surface area contributed by atoms with Crippen LogP contribution in [0.2, 0.25) is 0 Å². The minimum atomic E-state index is 0. The molecule has 2 fully saturated rings. The first-order valence-electron chi connectivity index (χ1n) is 8.53. The number of nitrogens with two attached hydrogens (primary N) is 1. The Bertz CT molecular complexity index is 532. The molecule has 0 bridgehead atoms. The minimum Gasteiger partial charge on any atom is -0.490 e. The van der Waals surface area contributed by atoms with E-state index in [1.54, 1.807) is 0 Å². The van der Waals surface area contributed by atoms with Crippen molar-refractivity contribution in [2.24, 2.45) is 11.7 Å². The van der Waals surface area contributed by atoms with Crippen LogP contribution in [0.15, 0.2) is 24.3 Å². The van der Waals surface area contributed by atoms with Gasteiger partial charge in [0.05, 0.1) is 13.2 Å². The number of benzene rings is 1. The number of hydrogen-bond donors (Lipinski definition) is 1. The van der Waals surface area contributed by atoms with E-state index < -0.39 is 0 Å². The van der Waals surface area contributed by atoms with E-state index >= 15 is 0 Å². The number of likely N-dealkylation sites (tertiary alicyclic amines) is 1. The minimum absolute atomic E-state index is 0. The van der Waals surface area contributed by atoms with Gasteiger partial charge < -0.3 is 20.1 Å². The van der Waals surface area contributed by atoms with Crippen LogP contribution < -0.4 is 10.5 Å². The van der Waals surface area contributed by atoms with Crippen molar-refractivity contribution in [3.8, 4) is 5.75 Å². The van der Waals surface area contributed by atoms with Crippen LogP contribution in [0, 0.1) is 5.92 Å². The van der Waals surface area contributed by atoms with Gasteiger partial charge in [0, 0.05) is 31.0 Å². The monoisotopic (exact) mass is 354 g/mol. The van der Waals surface area contributed by atoms with Crippen molar-refractivity contribution in [2.45, 2.75) is 38.3 Å². The van der Waals surface area contributed by atoms with Crippen molar-refractivity contribution >= 4 is 18.3 Å². The summed E-state index contributed by atoms with van der Waals surface area (Å²) in [6, 6.07) is 7.77. The van der Waals surface area contributed by atoms with Gasteiger partial charge in [-0.25, -0.2) is 0 Å². The standard InChI is InChI=1S/C18H26N2O3.ClH/c1-13-10-14(11-19)12-20(13)18(21)15-2-4-16(5-3-15)23-17-6-8-22-9-7-17;/h2-5,13-14,17H,6-12,19H2,1H3;1H. The van der Waals surface area contributed by atoms with E-state index in [0.29, 0.717) is 18.0 Å². The molecular formula is C18H27ClN2O3. The summed E-state index contributed by atoms with van der Waals surface area (Å²) >= 11 is 0. The summed E-state index contributed by atoms with van der Waals surface area (Å²) in [7, 11) is 0. The molecule has 0 saturated carbocycles. The average Bonchev–Trinajstić information content (AvgIpc) is 2.97. The zero-order chi connectivity index (χ0) is 16.2. The molecule has 134 valence electrons. The zero-order valence-electron chi connectivity index (χ0n) is 14.1. The molecule has 2 aliphatic rings. The van der Waals surface area contributed by atoms with Crippen LogP contribution in [0.5, 0.6) is 5.75 Å². The third-order valence-electron chi connectivity index (χ3n) is 4.83. The SMILES string of the molecule is CC1CC(CN)CN1C(=O)c1ccc(OC2CCOCC2)cc1.Cl. The molecular weight excluding hydrogens is 328 g/mol. The van der Waals surface area contributed by atoms with Crippen LogP contribution in [0.25, 0.3) is 0 Å². The summed E-state index contributed by atoms with van der Waals surface area (Å²) < 4.78 is 11.3. The van der Waals surface area contributed by atoms with Crippen molar-refractivity contribution in [1.29, 1.82) is 0 Å². The Morgan fingerprint density at radius 1 is 1.29 bits per heavy atom. The van der Waals surface area contributed by atoms with E-state index in [1.165, 1.54) is 0 Å². The molecule has 1 aromatic carbocycles. The highest BCUT2D eigenvalue weighted by Crippen LogP contribution is 2.25. The molecule has 1 aromatic rings. The van der Waals surface area contributed by atoms with Crippen LogP contribution in [0.3, 0.4) is 0 Å². The lowest BCUT2D eigenvalue weighted by molar-refractivity contribution is 0.0256. The van der Waals surface area contributed by atoms with E-state index in [2.05, 4.69) is 6.92 Å². The van der Waals surface area contributed by atoms with Gasteiger partial charge in [0.2, 0.25) is 0 Å². The number of carbonyl (C=O) groups excluding carboxylic acids is 1. The van der Waals surface area contributed by atoms with Crippen molar-refractivity contribution < 1.29 is 14.3 Å². The lowest BCUT2D eigenvalue weighted by Crippen LogP contribution is -2.34. The molecule has 2 atom stereocenters. The van der Waals surface area contributed by atoms with Crippen LogP contribution in [0.1, 0.15) is 36.5 Å². The summed E-state index contributed by atoms with van der Waals surface area (Å²) in [5, 5.41) is 0. The first-order chi connectivity index (χ1) is 11.2. The van der Waals surface area contributed by atoms with Crippen LogP contribution in [0.4, 0.5) is 0 Å². The molecule has 3 rings (SSSR count). The Kier molecular flexibility index (Phi) is 6.90. The van der Waals surface area contributed by atoms with E-state index in [1.807, 2.05) is 29.2 Å². The van der Waals surface area contributed by atoms with Crippen molar-refractivity contribution in [2.75, 3.05) is 26.3 Å². The quantitative estimate of drug-likeness (QED) is 0.902. The fraction of sp³-hybridized carbons (Fsp3) is 0.611. The average molecular weight is 355 g/mol. The normalized spacial score (nSPS) is 24.5. The smallest absolute Gasteiger partial charge is 0.254 e. The second-order valence-electron chi connectivity index (χ2n) is 6.60. The highest BCUT2D eigenvalue weighted by atomic mass is 35.5. The van der Waals surface area contributed by atoms with Crippen LogP contribution in [-0.4, -0.2) is 49.3 Å². The highest BCUT2D eigenvalue weighted by Gasteiger charge is 2.32. The van der Waals surface area contributed by atoms with Crippen molar-refractivity contribution in [1.82, 2.24) is 4.90 Å². The molecule has 6 heteroatoms. The van der Waals surface area contributed by atoms with E-state index in [4.69, 9.17) is 15.2 Å². The van der Waals surface area contributed by atoms with Gasteiger partial charge in [0.25, 0.3) is 5.91 Å². The first kappa shape index (κ1) is 19.0. The molecule has 0 radical (unpaired) electrons. The van der Waals surface area contributed by atoms with E-state index in [0.717, 1.165) is 44.8 Å². The number of rotatable bonds is 4. The van der Waals surface area contributed by atoms with Crippen LogP contribution in [-0.2, 0) is 4.74 Å². The van der Waals surface area contributed by atoms with Crippen molar-refractivity contribution in [3.63, 3.8) is 0 Å². The maximum absolute atomic E-state index is 12.6. The van der Waals surface area contributed by atoms with E-state index in [9.17, 15) is 4.79 Å². The van der Waals surface area contributed by atoms with Gasteiger partial charge >= 0.3 is 0 Å². The molecule has 2 N–H and O–H groups in total. The Morgan fingerprint density at radius 3 is 2.54 bits per heavy atom. The molecule has 5 nitrogen and oxygen atoms in total. The topological polar surface area (TPSA) is 64.8 Å². The summed E-state index contributed by atoms with van der Waals surface area (Å²) in [6.07, 6.45) is 3.06. The Balaban J connectivity index is 0.00000208. The lowest BCUT2D eigenvalue weighted by atomic mass is 10.1. The fourth-order valence-electron chi connectivity index (χ4n) is 3.42. The summed E-state index contributed by atoms with van der Waals surface area (Å²) in [5.74, 6) is 1.33. The number of amides is 1. The first-order valence-corrected chi connectivity index (χ1v) is 8.53.